The van der Waals surface area contributed by atoms with Gasteiger partial charge in [-0.25, -0.2) is 0 Å². The molecule has 0 radical (unpaired) electrons. The van der Waals surface area contributed by atoms with Gasteiger partial charge in [0, 0.05) is 36.9 Å². The first kappa shape index (κ1) is 15.7. The molecule has 2 amide bonds. The van der Waals surface area contributed by atoms with Gasteiger partial charge >= 0.3 is 0 Å². The topological polar surface area (TPSA) is 62.1 Å². The van der Waals surface area contributed by atoms with Crippen molar-refractivity contribution in [3.8, 4) is 0 Å². The molecule has 0 aliphatic carbocycles. The molecule has 2 rings (SSSR count). The van der Waals surface area contributed by atoms with Crippen molar-refractivity contribution >= 4 is 23.2 Å². The smallest absolute Gasteiger partial charge is 0.290 e. The van der Waals surface area contributed by atoms with Crippen LogP contribution in [0.15, 0.2) is 42.6 Å². The third kappa shape index (κ3) is 4.15. The highest BCUT2D eigenvalue weighted by Gasteiger charge is 2.13. The molecule has 0 saturated carbocycles. The summed E-state index contributed by atoms with van der Waals surface area (Å²) in [7, 11) is 0. The molecule has 0 atom stereocenters. The summed E-state index contributed by atoms with van der Waals surface area (Å²) < 4.78 is 1.91. The largest absolute Gasteiger partial charge is 0.326 e. The van der Waals surface area contributed by atoms with Crippen LogP contribution in [0.3, 0.4) is 0 Å². The Morgan fingerprint density at radius 1 is 1.00 bits per heavy atom. The number of carbonyl (C=O) groups excluding carboxylic acids is 2. The number of pyridine rings is 1. The zero-order valence-electron chi connectivity index (χ0n) is 13.0. The van der Waals surface area contributed by atoms with Crippen molar-refractivity contribution in [1.82, 2.24) is 0 Å². The van der Waals surface area contributed by atoms with E-state index >= 15 is 0 Å². The first-order valence-corrected chi connectivity index (χ1v) is 7.09. The van der Waals surface area contributed by atoms with Gasteiger partial charge in [0.25, 0.3) is 5.91 Å². The molecule has 22 heavy (non-hydrogen) atoms. The summed E-state index contributed by atoms with van der Waals surface area (Å²) in [6.07, 6.45) is 1.89. The average molecular weight is 298 g/mol. The number of hydrogen-bond donors (Lipinski definition) is 2. The van der Waals surface area contributed by atoms with E-state index < -0.39 is 0 Å². The Bertz CT molecular complexity index is 694. The monoisotopic (exact) mass is 298 g/mol. The molecule has 0 aliphatic rings. The van der Waals surface area contributed by atoms with Crippen LogP contribution in [0.1, 0.15) is 18.2 Å². The summed E-state index contributed by atoms with van der Waals surface area (Å²) in [6.45, 7) is 5.73. The number of nitrogens with one attached hydrogen (secondary N) is 2. The van der Waals surface area contributed by atoms with Gasteiger partial charge in [0.2, 0.25) is 12.5 Å². The van der Waals surface area contributed by atoms with E-state index in [4.69, 9.17) is 0 Å². The van der Waals surface area contributed by atoms with Gasteiger partial charge < -0.3 is 10.6 Å². The van der Waals surface area contributed by atoms with Gasteiger partial charge in [0.05, 0.1) is 0 Å². The molecule has 0 saturated heterocycles. The van der Waals surface area contributed by atoms with Crippen molar-refractivity contribution in [3.63, 3.8) is 0 Å². The molecule has 5 heteroatoms. The van der Waals surface area contributed by atoms with E-state index in [1.54, 1.807) is 24.3 Å². The Hall–Kier alpha value is -2.69. The van der Waals surface area contributed by atoms with E-state index in [0.29, 0.717) is 11.4 Å². The van der Waals surface area contributed by atoms with E-state index in [2.05, 4.69) is 10.6 Å². The fourth-order valence-corrected chi connectivity index (χ4v) is 2.12. The lowest BCUT2D eigenvalue weighted by Gasteiger charge is -2.07. The zero-order chi connectivity index (χ0) is 16.1. The van der Waals surface area contributed by atoms with Crippen LogP contribution in [-0.4, -0.2) is 11.8 Å². The highest BCUT2D eigenvalue weighted by Crippen LogP contribution is 2.13. The quantitative estimate of drug-likeness (QED) is 0.850. The number of anilines is 2. The first-order valence-electron chi connectivity index (χ1n) is 7.09. The SMILES string of the molecule is CC(=O)Nc1ccc(NC(=O)C[n+]2cccc(C)c2C)cc1. The summed E-state index contributed by atoms with van der Waals surface area (Å²) in [6, 6.07) is 11.0. The third-order valence-corrected chi connectivity index (χ3v) is 3.42. The molecule has 5 nitrogen and oxygen atoms in total. The Kier molecular flexibility index (Phi) is 4.88. The predicted molar refractivity (Wildman–Crippen MR) is 85.5 cm³/mol. The van der Waals surface area contributed by atoms with E-state index in [-0.39, 0.29) is 18.4 Å². The maximum atomic E-state index is 12.1. The highest BCUT2D eigenvalue weighted by atomic mass is 16.2. The van der Waals surface area contributed by atoms with Crippen molar-refractivity contribution in [1.29, 1.82) is 0 Å². The Balaban J connectivity index is 2.00. The summed E-state index contributed by atoms with van der Waals surface area (Å²) in [5.41, 5.74) is 3.62. The number of hydrogen-bond acceptors (Lipinski definition) is 2. The average Bonchev–Trinajstić information content (AvgIpc) is 2.45. The van der Waals surface area contributed by atoms with Crippen molar-refractivity contribution < 1.29 is 14.2 Å². The minimum atomic E-state index is -0.122. The van der Waals surface area contributed by atoms with Crippen LogP contribution in [0.4, 0.5) is 11.4 Å². The number of benzene rings is 1. The maximum absolute atomic E-state index is 12.1. The lowest BCUT2D eigenvalue weighted by atomic mass is 10.2. The van der Waals surface area contributed by atoms with Crippen molar-refractivity contribution in [2.75, 3.05) is 10.6 Å². The van der Waals surface area contributed by atoms with Gasteiger partial charge in [-0.05, 0) is 37.3 Å². The third-order valence-electron chi connectivity index (χ3n) is 3.42. The number of carbonyl (C=O) groups is 2. The maximum Gasteiger partial charge on any atom is 0.290 e. The molecule has 0 unspecified atom stereocenters. The standard InChI is InChI=1S/C17H19N3O2/c1-12-5-4-10-20(13(12)2)11-17(22)19-16-8-6-15(7-9-16)18-14(3)21/h4-10H,11H2,1-3H3,(H-,18,19,21,22)/p+1. The molecule has 114 valence electrons. The van der Waals surface area contributed by atoms with E-state index in [1.165, 1.54) is 6.92 Å². The second-order valence-electron chi connectivity index (χ2n) is 5.21. The summed E-state index contributed by atoms with van der Waals surface area (Å²) >= 11 is 0. The number of rotatable bonds is 4. The minimum absolute atomic E-state index is 0.0917. The van der Waals surface area contributed by atoms with Crippen LogP contribution in [0.2, 0.25) is 0 Å². The van der Waals surface area contributed by atoms with Crippen LogP contribution in [0, 0.1) is 13.8 Å². The van der Waals surface area contributed by atoms with Crippen molar-refractivity contribution in [2.24, 2.45) is 0 Å². The van der Waals surface area contributed by atoms with Crippen LogP contribution in [0.5, 0.6) is 0 Å². The molecule has 0 fully saturated rings. The molecule has 1 aromatic carbocycles. The second-order valence-corrected chi connectivity index (χ2v) is 5.21. The molecule has 1 heterocycles. The van der Waals surface area contributed by atoms with Crippen molar-refractivity contribution in [2.45, 2.75) is 27.3 Å². The first-order chi connectivity index (χ1) is 10.5. The number of nitrogens with zero attached hydrogens (tertiary/aromatic N) is 1. The van der Waals surface area contributed by atoms with E-state index in [9.17, 15) is 9.59 Å². The van der Waals surface area contributed by atoms with Crippen LogP contribution in [0.25, 0.3) is 0 Å². The van der Waals surface area contributed by atoms with Gasteiger partial charge in [-0.3, -0.25) is 9.59 Å². The number of aryl methyl sites for hydroxylation is 1. The van der Waals surface area contributed by atoms with E-state index in [1.807, 2.05) is 36.7 Å². The Morgan fingerprint density at radius 2 is 1.59 bits per heavy atom. The van der Waals surface area contributed by atoms with Gasteiger partial charge in [-0.2, -0.15) is 4.57 Å². The Labute approximate surface area is 130 Å². The summed E-state index contributed by atoms with van der Waals surface area (Å²) in [4.78, 5) is 23.1. The van der Waals surface area contributed by atoms with Crippen LogP contribution in [-0.2, 0) is 16.1 Å². The molecule has 0 bridgehead atoms. The molecule has 1 aromatic heterocycles. The molecule has 0 spiro atoms. The Morgan fingerprint density at radius 3 is 2.18 bits per heavy atom. The fourth-order valence-electron chi connectivity index (χ4n) is 2.12. The van der Waals surface area contributed by atoms with Crippen LogP contribution >= 0.6 is 0 Å². The van der Waals surface area contributed by atoms with Gasteiger partial charge in [0.15, 0.2) is 11.9 Å². The van der Waals surface area contributed by atoms with Crippen LogP contribution < -0.4 is 15.2 Å². The summed E-state index contributed by atoms with van der Waals surface area (Å²) in [5, 5.41) is 5.53. The molecular weight excluding hydrogens is 278 g/mol. The minimum Gasteiger partial charge on any atom is -0.326 e. The molecule has 2 N–H and O–H groups in total. The highest BCUT2D eigenvalue weighted by molar-refractivity contribution is 5.91. The molecule has 2 aromatic rings. The normalized spacial score (nSPS) is 10.1. The fraction of sp³-hybridized carbons (Fsp3) is 0.235. The zero-order valence-corrected chi connectivity index (χ0v) is 13.0. The van der Waals surface area contributed by atoms with Crippen molar-refractivity contribution in [3.05, 3.63) is 53.9 Å². The lowest BCUT2D eigenvalue weighted by molar-refractivity contribution is -0.690. The number of amides is 2. The summed E-state index contributed by atoms with van der Waals surface area (Å²) in [5.74, 6) is -0.214. The number of aromatic nitrogens is 1. The van der Waals surface area contributed by atoms with Gasteiger partial charge in [-0.15, -0.1) is 0 Å². The predicted octanol–water partition coefficient (Wildman–Crippen LogP) is 2.19. The lowest BCUT2D eigenvalue weighted by Crippen LogP contribution is -2.43. The van der Waals surface area contributed by atoms with Gasteiger partial charge in [0.1, 0.15) is 0 Å². The molecular formula is C17H20N3O2+. The molecule has 0 aliphatic heterocycles. The second kappa shape index (κ2) is 6.85. The van der Waals surface area contributed by atoms with E-state index in [0.717, 1.165) is 11.3 Å². The van der Waals surface area contributed by atoms with Gasteiger partial charge in [-0.1, -0.05) is 0 Å².